The molecule has 39 heavy (non-hydrogen) atoms. The summed E-state index contributed by atoms with van der Waals surface area (Å²) in [5.74, 6) is 0. The van der Waals surface area contributed by atoms with Crippen molar-refractivity contribution in [3.63, 3.8) is 0 Å². The molecule has 2 aliphatic heterocycles. The van der Waals surface area contributed by atoms with Crippen molar-refractivity contribution in [1.82, 2.24) is 24.3 Å². The molecule has 208 valence electrons. The maximum absolute atomic E-state index is 13.5. The number of likely N-dealkylation sites (tertiary alicyclic amines) is 2. The van der Waals surface area contributed by atoms with E-state index in [2.05, 4.69) is 58.9 Å². The summed E-state index contributed by atoms with van der Waals surface area (Å²) < 4.78 is 1.79. The average Bonchev–Trinajstić information content (AvgIpc) is 2.99. The second kappa shape index (κ2) is 15.2. The molecule has 2 aromatic heterocycles. The maximum atomic E-state index is 13.5. The predicted octanol–water partition coefficient (Wildman–Crippen LogP) is 5.93. The van der Waals surface area contributed by atoms with Crippen molar-refractivity contribution in [3.8, 4) is 12.8 Å². The van der Waals surface area contributed by atoms with E-state index in [4.69, 9.17) is 4.98 Å². The lowest BCUT2D eigenvalue weighted by atomic mass is 9.93. The fraction of sp³-hybridized carbons (Fsp3) is 0.485. The molecule has 5 rings (SSSR count). The summed E-state index contributed by atoms with van der Waals surface area (Å²) >= 11 is 0. The Morgan fingerprint density at radius 3 is 2.41 bits per heavy atom. The first-order chi connectivity index (χ1) is 19.1. The summed E-state index contributed by atoms with van der Waals surface area (Å²) in [4.78, 5) is 27.8. The Bertz CT molecular complexity index is 1320. The molecule has 1 aromatic carbocycles. The van der Waals surface area contributed by atoms with Crippen LogP contribution in [0.5, 0.6) is 0 Å². The van der Waals surface area contributed by atoms with Crippen LogP contribution in [0.15, 0.2) is 53.2 Å². The molecule has 0 atom stereocenters. The first kappa shape index (κ1) is 30.1. The Morgan fingerprint density at radius 2 is 1.69 bits per heavy atom. The van der Waals surface area contributed by atoms with Gasteiger partial charge in [-0.2, -0.15) is 0 Å². The van der Waals surface area contributed by atoms with Crippen molar-refractivity contribution >= 4 is 16.5 Å². The summed E-state index contributed by atoms with van der Waals surface area (Å²) in [5, 5.41) is 0.706. The lowest BCUT2D eigenvalue weighted by Gasteiger charge is -2.31. The number of nitrogens with zero attached hydrogens (tertiary/aromatic N) is 5. The zero-order chi connectivity index (χ0) is 28.2. The Hall–Kier alpha value is -3.43. The number of allylic oxidation sites excluding steroid dienone is 2. The van der Waals surface area contributed by atoms with E-state index in [-0.39, 0.29) is 5.56 Å². The van der Waals surface area contributed by atoms with Gasteiger partial charge in [0.2, 0.25) is 0 Å². The summed E-state index contributed by atoms with van der Waals surface area (Å²) in [5.41, 5.74) is 6.67. The van der Waals surface area contributed by atoms with Crippen molar-refractivity contribution < 1.29 is 0 Å². The highest BCUT2D eigenvalue weighted by Gasteiger charge is 2.19. The van der Waals surface area contributed by atoms with E-state index in [1.165, 1.54) is 43.4 Å². The van der Waals surface area contributed by atoms with Crippen molar-refractivity contribution in [2.24, 2.45) is 0 Å². The summed E-state index contributed by atoms with van der Waals surface area (Å²) in [7, 11) is 2.19. The SMILES string of the molecule is C#C.CC.Cc1cccc(C/C(=C2/CCCCN2C)c2ccc3ncn(CCN4CCCCC4)c(=O)c3c2)n1. The van der Waals surface area contributed by atoms with Crippen LogP contribution in [0.1, 0.15) is 69.3 Å². The standard InChI is InChI=1S/C29H37N5O.C2H6.C2H2/c1-22-9-8-10-24(31-22)20-25(28-11-4-7-14-32(28)2)23-12-13-27-26(19-23)29(35)34(21-30-27)18-17-33-15-5-3-6-16-33;2*1-2/h8-10,12-13,19,21H,3-7,11,14-18,20H2,1-2H3;1-2H3;1-2H/b28-25+;;. The number of terminal acetylenes is 1. The Labute approximate surface area is 234 Å². The number of rotatable bonds is 6. The molecular weight excluding hydrogens is 482 g/mol. The smallest absolute Gasteiger partial charge is 0.261 e. The van der Waals surface area contributed by atoms with Gasteiger partial charge >= 0.3 is 0 Å². The molecule has 3 aromatic rings. The van der Waals surface area contributed by atoms with Crippen LogP contribution in [0.4, 0.5) is 0 Å². The van der Waals surface area contributed by atoms with Gasteiger partial charge in [-0.1, -0.05) is 32.4 Å². The summed E-state index contributed by atoms with van der Waals surface area (Å²) in [6, 6.07) is 12.4. The lowest BCUT2D eigenvalue weighted by molar-refractivity contribution is 0.220. The molecule has 2 aliphatic rings. The van der Waals surface area contributed by atoms with Gasteiger partial charge < -0.3 is 9.80 Å². The van der Waals surface area contributed by atoms with E-state index in [1.54, 1.807) is 10.9 Å². The summed E-state index contributed by atoms with van der Waals surface area (Å²) in [6.07, 6.45) is 17.8. The predicted molar refractivity (Wildman–Crippen MR) is 164 cm³/mol. The highest BCUT2D eigenvalue weighted by Crippen LogP contribution is 2.31. The van der Waals surface area contributed by atoms with Crippen LogP contribution in [-0.4, -0.2) is 57.6 Å². The van der Waals surface area contributed by atoms with Crippen LogP contribution in [0.2, 0.25) is 0 Å². The van der Waals surface area contributed by atoms with Crippen molar-refractivity contribution in [2.75, 3.05) is 33.2 Å². The van der Waals surface area contributed by atoms with E-state index in [0.29, 0.717) is 11.9 Å². The molecule has 0 saturated carbocycles. The minimum absolute atomic E-state index is 0.0592. The molecule has 0 N–H and O–H groups in total. The number of hydrogen-bond donors (Lipinski definition) is 0. The first-order valence-corrected chi connectivity index (χ1v) is 14.5. The van der Waals surface area contributed by atoms with Gasteiger partial charge in [-0.15, -0.1) is 12.8 Å². The second-order valence-electron chi connectivity index (χ2n) is 10.1. The number of aryl methyl sites for hydroxylation is 1. The molecule has 6 heteroatoms. The van der Waals surface area contributed by atoms with Gasteiger partial charge in [-0.25, -0.2) is 4.98 Å². The van der Waals surface area contributed by atoms with E-state index in [9.17, 15) is 4.79 Å². The van der Waals surface area contributed by atoms with Gasteiger partial charge in [0.25, 0.3) is 5.56 Å². The van der Waals surface area contributed by atoms with Crippen LogP contribution >= 0.6 is 0 Å². The van der Waals surface area contributed by atoms with Gasteiger partial charge in [0.05, 0.1) is 17.2 Å². The van der Waals surface area contributed by atoms with Gasteiger partial charge in [-0.05, 0) is 87.5 Å². The number of aromatic nitrogens is 3. The number of benzene rings is 1. The number of hydrogen-bond acceptors (Lipinski definition) is 5. The fourth-order valence-corrected chi connectivity index (χ4v) is 5.54. The molecule has 0 radical (unpaired) electrons. The highest BCUT2D eigenvalue weighted by atomic mass is 16.1. The third kappa shape index (κ3) is 7.80. The molecule has 0 bridgehead atoms. The number of fused-ring (bicyclic) bond motifs is 1. The molecule has 2 saturated heterocycles. The van der Waals surface area contributed by atoms with Crippen molar-refractivity contribution in [2.45, 2.75) is 72.3 Å². The van der Waals surface area contributed by atoms with Crippen LogP contribution in [0.25, 0.3) is 16.5 Å². The van der Waals surface area contributed by atoms with Crippen LogP contribution in [0.3, 0.4) is 0 Å². The normalized spacial score (nSPS) is 17.0. The Kier molecular flexibility index (Phi) is 11.8. The second-order valence-corrected chi connectivity index (χ2v) is 10.1. The Balaban J connectivity index is 0.00000100. The van der Waals surface area contributed by atoms with Crippen LogP contribution in [0, 0.1) is 19.8 Å². The molecule has 0 spiro atoms. The maximum Gasteiger partial charge on any atom is 0.261 e. The Morgan fingerprint density at radius 1 is 0.949 bits per heavy atom. The number of pyridine rings is 1. The highest BCUT2D eigenvalue weighted by molar-refractivity contribution is 5.83. The first-order valence-electron chi connectivity index (χ1n) is 14.5. The topological polar surface area (TPSA) is 54.3 Å². The van der Waals surface area contributed by atoms with Gasteiger partial charge in [-0.3, -0.25) is 14.3 Å². The van der Waals surface area contributed by atoms with Gasteiger partial charge in [0, 0.05) is 50.2 Å². The minimum Gasteiger partial charge on any atom is -0.378 e. The molecule has 0 unspecified atom stereocenters. The largest absolute Gasteiger partial charge is 0.378 e. The fourth-order valence-electron chi connectivity index (χ4n) is 5.54. The monoisotopic (exact) mass is 527 g/mol. The lowest BCUT2D eigenvalue weighted by Crippen LogP contribution is -2.34. The van der Waals surface area contributed by atoms with Crippen LogP contribution < -0.4 is 5.56 Å². The summed E-state index contributed by atoms with van der Waals surface area (Å²) in [6.45, 7) is 11.0. The van der Waals surface area contributed by atoms with Crippen molar-refractivity contribution in [3.05, 3.63) is 75.7 Å². The van der Waals surface area contributed by atoms with E-state index in [0.717, 1.165) is 61.5 Å². The molecule has 6 nitrogen and oxygen atoms in total. The van der Waals surface area contributed by atoms with Crippen LogP contribution in [-0.2, 0) is 13.0 Å². The average molecular weight is 528 g/mol. The van der Waals surface area contributed by atoms with E-state index < -0.39 is 0 Å². The zero-order valence-corrected chi connectivity index (χ0v) is 24.3. The zero-order valence-electron chi connectivity index (χ0n) is 24.3. The molecular formula is C33H45N5O. The number of piperidine rings is 2. The minimum atomic E-state index is 0.0592. The third-order valence-electron chi connectivity index (χ3n) is 7.55. The van der Waals surface area contributed by atoms with Crippen molar-refractivity contribution in [1.29, 1.82) is 0 Å². The van der Waals surface area contributed by atoms with E-state index >= 15 is 0 Å². The molecule has 0 aliphatic carbocycles. The van der Waals surface area contributed by atoms with E-state index in [1.807, 2.05) is 32.9 Å². The van der Waals surface area contributed by atoms with Gasteiger partial charge in [0.1, 0.15) is 0 Å². The molecule has 4 heterocycles. The quantitative estimate of drug-likeness (QED) is 0.372. The van der Waals surface area contributed by atoms with Gasteiger partial charge in [0.15, 0.2) is 0 Å². The molecule has 0 amide bonds. The third-order valence-corrected chi connectivity index (χ3v) is 7.55. The molecule has 2 fully saturated rings.